The van der Waals surface area contributed by atoms with Crippen molar-refractivity contribution in [2.75, 3.05) is 11.9 Å². The zero-order chi connectivity index (χ0) is 14.4. The fourth-order valence-electron chi connectivity index (χ4n) is 1.54. The summed E-state index contributed by atoms with van der Waals surface area (Å²) < 4.78 is 5.83. The van der Waals surface area contributed by atoms with E-state index in [9.17, 15) is 4.79 Å². The molecule has 1 amide bonds. The fourth-order valence-corrected chi connectivity index (χ4v) is 1.86. The van der Waals surface area contributed by atoms with Crippen LogP contribution in [0.2, 0.25) is 0 Å². The van der Waals surface area contributed by atoms with Gasteiger partial charge in [-0.05, 0) is 52.7 Å². The Morgan fingerprint density at radius 1 is 1.38 bits per heavy atom. The topological polar surface area (TPSA) is 66.6 Å². The van der Waals surface area contributed by atoms with E-state index in [1.807, 2.05) is 31.2 Å². The molecule has 2 aromatic rings. The number of benzene rings is 1. The average Bonchev–Trinajstić information content (AvgIpc) is 2.82. The van der Waals surface area contributed by atoms with Gasteiger partial charge >= 0.3 is 0 Å². The Hall–Kier alpha value is -1.79. The molecule has 112 valence electrons. The van der Waals surface area contributed by atoms with E-state index in [4.69, 9.17) is 4.42 Å². The number of aryl methyl sites for hydroxylation is 1. The van der Waals surface area contributed by atoms with Crippen molar-refractivity contribution in [3.05, 3.63) is 52.4 Å². The lowest BCUT2D eigenvalue weighted by Gasteiger charge is -2.05. The number of hydrogen-bond donors (Lipinski definition) is 2. The Labute approximate surface area is 137 Å². The molecule has 2 N–H and O–H groups in total. The third-order valence-corrected chi connectivity index (χ3v) is 2.87. The molecule has 0 aliphatic heterocycles. The molecule has 0 aliphatic carbocycles. The first-order chi connectivity index (χ1) is 9.63. The highest BCUT2D eigenvalue weighted by Crippen LogP contribution is 2.12. The average molecular weight is 373 g/mol. The Balaban J connectivity index is 0.00000220. The predicted molar refractivity (Wildman–Crippen MR) is 89.1 cm³/mol. The summed E-state index contributed by atoms with van der Waals surface area (Å²) in [5, 5.41) is 6.83. The maximum absolute atomic E-state index is 11.6. The molecule has 0 saturated carbocycles. The highest BCUT2D eigenvalue weighted by Gasteiger charge is 2.00. The quantitative estimate of drug-likeness (QED) is 0.625. The molecule has 1 aromatic heterocycles. The van der Waals surface area contributed by atoms with Crippen LogP contribution in [-0.4, -0.2) is 18.7 Å². The second kappa shape index (κ2) is 8.49. The van der Waals surface area contributed by atoms with Gasteiger partial charge in [-0.15, -0.1) is 12.4 Å². The third kappa shape index (κ3) is 6.01. The van der Waals surface area contributed by atoms with E-state index in [1.165, 1.54) is 6.21 Å². The molecule has 0 fully saturated rings. The first kappa shape index (κ1) is 17.3. The number of rotatable bonds is 5. The molecule has 1 aromatic carbocycles. The van der Waals surface area contributed by atoms with Crippen LogP contribution in [0.15, 0.2) is 50.6 Å². The number of carbonyl (C=O) groups is 1. The van der Waals surface area contributed by atoms with Gasteiger partial charge in [-0.3, -0.25) is 4.79 Å². The van der Waals surface area contributed by atoms with Crippen LogP contribution in [0.5, 0.6) is 0 Å². The number of amides is 1. The fraction of sp³-hybridized carbons (Fsp3) is 0.143. The first-order valence-electron chi connectivity index (χ1n) is 6.01. The Kier molecular flexibility index (Phi) is 6.98. The first-order valence-corrected chi connectivity index (χ1v) is 6.80. The van der Waals surface area contributed by atoms with Crippen LogP contribution in [-0.2, 0) is 4.79 Å². The highest BCUT2D eigenvalue weighted by atomic mass is 79.9. The number of hydrazone groups is 1. The lowest BCUT2D eigenvalue weighted by molar-refractivity contribution is -0.119. The molecule has 0 bridgehead atoms. The van der Waals surface area contributed by atoms with E-state index in [0.717, 1.165) is 11.3 Å². The van der Waals surface area contributed by atoms with Crippen LogP contribution in [0.25, 0.3) is 0 Å². The second-order valence-corrected chi connectivity index (χ2v) is 4.94. The van der Waals surface area contributed by atoms with Crippen molar-refractivity contribution in [2.24, 2.45) is 5.10 Å². The van der Waals surface area contributed by atoms with E-state index >= 15 is 0 Å². The molecule has 1 heterocycles. The van der Waals surface area contributed by atoms with Gasteiger partial charge in [-0.2, -0.15) is 5.10 Å². The SMILES string of the molecule is Cc1cccc(NCC(=O)NN=Cc2ccc(Br)o2)c1.Cl. The van der Waals surface area contributed by atoms with Crippen LogP contribution >= 0.6 is 28.3 Å². The molecular weight excluding hydrogens is 358 g/mol. The summed E-state index contributed by atoms with van der Waals surface area (Å²) in [6, 6.07) is 11.3. The van der Waals surface area contributed by atoms with E-state index in [0.29, 0.717) is 10.4 Å². The molecule has 0 spiro atoms. The number of nitrogens with zero attached hydrogens (tertiary/aromatic N) is 1. The molecule has 21 heavy (non-hydrogen) atoms. The van der Waals surface area contributed by atoms with Gasteiger partial charge in [-0.1, -0.05) is 12.1 Å². The van der Waals surface area contributed by atoms with Crippen molar-refractivity contribution in [1.29, 1.82) is 0 Å². The van der Waals surface area contributed by atoms with E-state index in [2.05, 4.69) is 31.8 Å². The van der Waals surface area contributed by atoms with Crippen LogP contribution in [0.4, 0.5) is 5.69 Å². The number of hydrogen-bond acceptors (Lipinski definition) is 4. The summed E-state index contributed by atoms with van der Waals surface area (Å²) in [5.41, 5.74) is 4.46. The summed E-state index contributed by atoms with van der Waals surface area (Å²) >= 11 is 3.18. The normalized spacial score (nSPS) is 10.2. The lowest BCUT2D eigenvalue weighted by Crippen LogP contribution is -2.25. The minimum absolute atomic E-state index is 0. The molecule has 7 heteroatoms. The number of carbonyl (C=O) groups excluding carboxylic acids is 1. The van der Waals surface area contributed by atoms with E-state index < -0.39 is 0 Å². The summed E-state index contributed by atoms with van der Waals surface area (Å²) in [6.07, 6.45) is 1.44. The molecule has 0 atom stereocenters. The van der Waals surface area contributed by atoms with Crippen LogP contribution in [0, 0.1) is 6.92 Å². The van der Waals surface area contributed by atoms with Crippen LogP contribution in [0.3, 0.4) is 0 Å². The van der Waals surface area contributed by atoms with Crippen molar-refractivity contribution in [3.8, 4) is 0 Å². The van der Waals surface area contributed by atoms with Crippen molar-refractivity contribution in [1.82, 2.24) is 5.43 Å². The van der Waals surface area contributed by atoms with E-state index in [1.54, 1.807) is 12.1 Å². The van der Waals surface area contributed by atoms with Gasteiger partial charge in [0, 0.05) is 5.69 Å². The van der Waals surface area contributed by atoms with Gasteiger partial charge in [0.05, 0.1) is 12.8 Å². The van der Waals surface area contributed by atoms with Gasteiger partial charge in [-0.25, -0.2) is 5.43 Å². The zero-order valence-corrected chi connectivity index (χ0v) is 13.7. The minimum atomic E-state index is -0.228. The lowest BCUT2D eigenvalue weighted by atomic mass is 10.2. The Morgan fingerprint density at radius 2 is 2.19 bits per heavy atom. The van der Waals surface area contributed by atoms with Crippen molar-refractivity contribution in [3.63, 3.8) is 0 Å². The monoisotopic (exact) mass is 371 g/mol. The van der Waals surface area contributed by atoms with Gasteiger partial charge in [0.1, 0.15) is 5.76 Å². The smallest absolute Gasteiger partial charge is 0.259 e. The summed E-state index contributed by atoms with van der Waals surface area (Å²) in [5.74, 6) is 0.331. The zero-order valence-electron chi connectivity index (χ0n) is 11.3. The number of furan rings is 1. The maximum atomic E-state index is 11.6. The predicted octanol–water partition coefficient (Wildman–Crippen LogP) is 3.33. The third-order valence-electron chi connectivity index (χ3n) is 2.45. The molecule has 0 aliphatic rings. The number of nitrogens with one attached hydrogen (secondary N) is 2. The Bertz CT molecular complexity index is 628. The number of halogens is 2. The molecular formula is C14H15BrClN3O2. The van der Waals surface area contributed by atoms with Crippen molar-refractivity contribution < 1.29 is 9.21 Å². The van der Waals surface area contributed by atoms with Gasteiger partial charge < -0.3 is 9.73 Å². The molecule has 0 radical (unpaired) electrons. The van der Waals surface area contributed by atoms with Crippen molar-refractivity contribution in [2.45, 2.75) is 6.92 Å². The molecule has 5 nitrogen and oxygen atoms in total. The largest absolute Gasteiger partial charge is 0.448 e. The Morgan fingerprint density at radius 3 is 2.86 bits per heavy atom. The molecule has 0 saturated heterocycles. The second-order valence-electron chi connectivity index (χ2n) is 4.16. The summed E-state index contributed by atoms with van der Waals surface area (Å²) in [6.45, 7) is 2.15. The number of anilines is 1. The standard InChI is InChI=1S/C14H14BrN3O2.ClH/c1-10-3-2-4-11(7-10)16-9-14(19)18-17-8-12-5-6-13(15)20-12;/h2-8,16H,9H2,1H3,(H,18,19);1H. The maximum Gasteiger partial charge on any atom is 0.259 e. The summed E-state index contributed by atoms with van der Waals surface area (Å²) in [4.78, 5) is 11.6. The van der Waals surface area contributed by atoms with Crippen LogP contribution in [0.1, 0.15) is 11.3 Å². The van der Waals surface area contributed by atoms with Gasteiger partial charge in [0.2, 0.25) is 0 Å². The van der Waals surface area contributed by atoms with Gasteiger partial charge in [0.25, 0.3) is 5.91 Å². The van der Waals surface area contributed by atoms with E-state index in [-0.39, 0.29) is 24.9 Å². The molecule has 0 unspecified atom stereocenters. The molecule has 2 rings (SSSR count). The minimum Gasteiger partial charge on any atom is -0.448 e. The van der Waals surface area contributed by atoms with Crippen LogP contribution < -0.4 is 10.7 Å². The van der Waals surface area contributed by atoms with Crippen molar-refractivity contribution >= 4 is 46.1 Å². The summed E-state index contributed by atoms with van der Waals surface area (Å²) in [7, 11) is 0. The van der Waals surface area contributed by atoms with Gasteiger partial charge in [0.15, 0.2) is 4.67 Å². The highest BCUT2D eigenvalue weighted by molar-refractivity contribution is 9.10.